The van der Waals surface area contributed by atoms with Crippen molar-refractivity contribution in [2.45, 2.75) is 110 Å². The van der Waals surface area contributed by atoms with Crippen LogP contribution in [-0.4, -0.2) is 19.2 Å². The Morgan fingerprint density at radius 2 is 1.23 bits per heavy atom. The average molecular weight is 663 g/mol. The van der Waals surface area contributed by atoms with Crippen LogP contribution in [0.5, 0.6) is 5.75 Å². The van der Waals surface area contributed by atoms with Gasteiger partial charge in [0.2, 0.25) is 0 Å². The number of carbonyl (C=O) groups excluding carboxylic acids is 1. The summed E-state index contributed by atoms with van der Waals surface area (Å²) in [6.07, 6.45) is 14.0. The van der Waals surface area contributed by atoms with Crippen molar-refractivity contribution in [1.82, 2.24) is 0 Å². The van der Waals surface area contributed by atoms with Crippen molar-refractivity contribution in [2.24, 2.45) is 0 Å². The molecule has 1 aliphatic rings. The molecule has 0 N–H and O–H groups in total. The van der Waals surface area contributed by atoms with Gasteiger partial charge in [-0.05, 0) is 115 Å². The fourth-order valence-electron chi connectivity index (χ4n) is 7.39. The monoisotopic (exact) mass is 662 g/mol. The van der Waals surface area contributed by atoms with E-state index in [9.17, 15) is 4.79 Å². The summed E-state index contributed by atoms with van der Waals surface area (Å²) in [7, 11) is 0. The standard InChI is InChI=1S/C44H54O3S/c1-6-26-44(27-7-2)39-30-33(5)16-22-37(39)38-23-19-35(31-40(38)44)42-25-24-41(48-42)34-17-20-36(21-18-34)46-28-14-12-10-8-9-11-13-15-29-47-43(45)32(3)4/h16-25,30-31H,3,6-15,26-29H2,1-2,4-5H3. The van der Waals surface area contributed by atoms with Crippen LogP contribution in [-0.2, 0) is 14.9 Å². The Morgan fingerprint density at radius 3 is 1.85 bits per heavy atom. The van der Waals surface area contributed by atoms with Crippen molar-refractivity contribution in [3.63, 3.8) is 0 Å². The van der Waals surface area contributed by atoms with E-state index in [2.05, 4.69) is 100 Å². The number of unbranched alkanes of at least 4 members (excludes halogenated alkanes) is 7. The first-order valence-corrected chi connectivity index (χ1v) is 19.1. The summed E-state index contributed by atoms with van der Waals surface area (Å²) in [6, 6.07) is 27.5. The maximum absolute atomic E-state index is 11.4. The molecule has 5 rings (SSSR count). The summed E-state index contributed by atoms with van der Waals surface area (Å²) in [4.78, 5) is 14.0. The molecule has 4 aromatic rings. The van der Waals surface area contributed by atoms with Crippen LogP contribution in [0, 0.1) is 6.92 Å². The average Bonchev–Trinajstić information content (AvgIpc) is 3.68. The summed E-state index contributed by atoms with van der Waals surface area (Å²) in [5.41, 5.74) is 10.4. The van der Waals surface area contributed by atoms with Crippen LogP contribution < -0.4 is 4.74 Å². The van der Waals surface area contributed by atoms with Gasteiger partial charge in [0, 0.05) is 20.7 Å². The lowest BCUT2D eigenvalue weighted by molar-refractivity contribution is -0.139. The Labute approximate surface area is 293 Å². The van der Waals surface area contributed by atoms with Crippen LogP contribution >= 0.6 is 11.3 Å². The Hall–Kier alpha value is -3.63. The van der Waals surface area contributed by atoms with Crippen LogP contribution in [0.4, 0.5) is 0 Å². The first kappa shape index (κ1) is 35.7. The lowest BCUT2D eigenvalue weighted by Gasteiger charge is -2.32. The minimum Gasteiger partial charge on any atom is -0.494 e. The topological polar surface area (TPSA) is 35.5 Å². The Morgan fingerprint density at radius 1 is 0.688 bits per heavy atom. The van der Waals surface area contributed by atoms with Crippen molar-refractivity contribution >= 4 is 17.3 Å². The number of aryl methyl sites for hydroxylation is 1. The third kappa shape index (κ3) is 8.50. The smallest absolute Gasteiger partial charge is 0.333 e. The molecule has 0 amide bonds. The molecule has 0 spiro atoms. The van der Waals surface area contributed by atoms with Crippen molar-refractivity contribution in [1.29, 1.82) is 0 Å². The highest BCUT2D eigenvalue weighted by atomic mass is 32.1. The molecule has 0 saturated carbocycles. The largest absolute Gasteiger partial charge is 0.494 e. The number of hydrogen-bond acceptors (Lipinski definition) is 4. The molecule has 3 aromatic carbocycles. The van der Waals surface area contributed by atoms with Gasteiger partial charge in [-0.15, -0.1) is 11.3 Å². The van der Waals surface area contributed by atoms with Gasteiger partial charge < -0.3 is 9.47 Å². The molecule has 0 atom stereocenters. The lowest BCUT2D eigenvalue weighted by atomic mass is 9.71. The maximum Gasteiger partial charge on any atom is 0.333 e. The number of esters is 1. The van der Waals surface area contributed by atoms with Crippen LogP contribution in [0.1, 0.15) is 115 Å². The molecular weight excluding hydrogens is 609 g/mol. The number of fused-ring (bicyclic) bond motifs is 3. The highest BCUT2D eigenvalue weighted by Gasteiger charge is 2.42. The van der Waals surface area contributed by atoms with Crippen molar-refractivity contribution in [2.75, 3.05) is 13.2 Å². The number of rotatable bonds is 19. The number of carbonyl (C=O) groups is 1. The second kappa shape index (κ2) is 17.2. The zero-order valence-corrected chi connectivity index (χ0v) is 30.5. The number of hydrogen-bond donors (Lipinski definition) is 0. The van der Waals surface area contributed by atoms with Gasteiger partial charge in [0.1, 0.15) is 5.75 Å². The minimum atomic E-state index is -0.279. The molecule has 0 saturated heterocycles. The Bertz CT molecular complexity index is 1650. The summed E-state index contributed by atoms with van der Waals surface area (Å²) in [6.45, 7) is 13.4. The predicted molar refractivity (Wildman–Crippen MR) is 204 cm³/mol. The van der Waals surface area contributed by atoms with E-state index < -0.39 is 0 Å². The first-order valence-electron chi connectivity index (χ1n) is 18.3. The SMILES string of the molecule is C=C(C)C(=O)OCCCCCCCCCCOc1ccc(-c2ccc(-c3ccc4c(c3)C(CCC)(CCC)c3cc(C)ccc3-4)s2)cc1. The highest BCUT2D eigenvalue weighted by Crippen LogP contribution is 2.55. The van der Waals surface area contributed by atoms with E-state index in [1.807, 2.05) is 11.3 Å². The van der Waals surface area contributed by atoms with E-state index in [1.54, 1.807) is 6.92 Å². The molecule has 0 radical (unpaired) electrons. The van der Waals surface area contributed by atoms with Gasteiger partial charge in [0.05, 0.1) is 13.2 Å². The van der Waals surface area contributed by atoms with Crippen LogP contribution in [0.25, 0.3) is 32.0 Å². The number of ether oxygens (including phenoxy) is 2. The zero-order valence-electron chi connectivity index (χ0n) is 29.7. The molecule has 1 aliphatic carbocycles. The molecule has 0 unspecified atom stereocenters. The third-order valence-electron chi connectivity index (χ3n) is 9.79. The molecule has 0 aliphatic heterocycles. The van der Waals surface area contributed by atoms with E-state index in [0.717, 1.165) is 31.6 Å². The summed E-state index contributed by atoms with van der Waals surface area (Å²) in [5.74, 6) is 0.665. The predicted octanol–water partition coefficient (Wildman–Crippen LogP) is 12.9. The van der Waals surface area contributed by atoms with Crippen LogP contribution in [0.2, 0.25) is 0 Å². The van der Waals surface area contributed by atoms with Gasteiger partial charge in [-0.2, -0.15) is 0 Å². The molecule has 0 fully saturated rings. The van der Waals surface area contributed by atoms with E-state index >= 15 is 0 Å². The molecule has 254 valence electrons. The normalized spacial score (nSPS) is 12.8. The Kier molecular flexibility index (Phi) is 12.7. The molecule has 48 heavy (non-hydrogen) atoms. The quantitative estimate of drug-likeness (QED) is 0.0569. The Balaban J connectivity index is 1.10. The van der Waals surface area contributed by atoms with Gasteiger partial charge >= 0.3 is 5.97 Å². The van der Waals surface area contributed by atoms with Crippen molar-refractivity contribution in [3.8, 4) is 37.8 Å². The van der Waals surface area contributed by atoms with E-state index in [4.69, 9.17) is 9.47 Å². The molecule has 0 bridgehead atoms. The van der Waals surface area contributed by atoms with Crippen LogP contribution in [0.15, 0.2) is 84.9 Å². The molecule has 1 heterocycles. The van der Waals surface area contributed by atoms with Gasteiger partial charge in [-0.25, -0.2) is 4.79 Å². The van der Waals surface area contributed by atoms with Crippen LogP contribution in [0.3, 0.4) is 0 Å². The van der Waals surface area contributed by atoms with E-state index in [-0.39, 0.29) is 11.4 Å². The molecule has 4 heteroatoms. The van der Waals surface area contributed by atoms with E-state index in [0.29, 0.717) is 12.2 Å². The van der Waals surface area contributed by atoms with Gasteiger partial charge in [-0.3, -0.25) is 0 Å². The van der Waals surface area contributed by atoms with Gasteiger partial charge in [0.25, 0.3) is 0 Å². The van der Waals surface area contributed by atoms with Crippen molar-refractivity contribution in [3.05, 3.63) is 102 Å². The number of thiophene rings is 1. The van der Waals surface area contributed by atoms with Gasteiger partial charge in [-0.1, -0.05) is 108 Å². The third-order valence-corrected chi connectivity index (χ3v) is 11.0. The number of benzene rings is 3. The summed E-state index contributed by atoms with van der Waals surface area (Å²) < 4.78 is 11.2. The fraction of sp³-hybridized carbons (Fsp3) is 0.432. The first-order chi connectivity index (χ1) is 23.4. The zero-order chi connectivity index (χ0) is 33.9. The fourth-order valence-corrected chi connectivity index (χ4v) is 8.39. The second-order valence-electron chi connectivity index (χ2n) is 13.7. The summed E-state index contributed by atoms with van der Waals surface area (Å²) in [5, 5.41) is 0. The lowest BCUT2D eigenvalue weighted by Crippen LogP contribution is -2.25. The summed E-state index contributed by atoms with van der Waals surface area (Å²) >= 11 is 1.88. The molecule has 1 aromatic heterocycles. The van der Waals surface area contributed by atoms with E-state index in [1.165, 1.54) is 106 Å². The molecule has 3 nitrogen and oxygen atoms in total. The second-order valence-corrected chi connectivity index (χ2v) is 14.8. The van der Waals surface area contributed by atoms with Crippen molar-refractivity contribution < 1.29 is 14.3 Å². The van der Waals surface area contributed by atoms with Gasteiger partial charge in [0.15, 0.2) is 0 Å². The molecular formula is C44H54O3S. The minimum absolute atomic E-state index is 0.108. The maximum atomic E-state index is 11.4. The highest BCUT2D eigenvalue weighted by molar-refractivity contribution is 7.18.